The fraction of sp³-hybridized carbons (Fsp3) is 0.435. The molecule has 0 spiro atoms. The van der Waals surface area contributed by atoms with Gasteiger partial charge < -0.3 is 25.5 Å². The molecule has 1 saturated carbocycles. The lowest BCUT2D eigenvalue weighted by Crippen LogP contribution is -2.16. The van der Waals surface area contributed by atoms with Gasteiger partial charge in [-0.2, -0.15) is 9.97 Å². The molecular formula is C23H29N5O3. The third-order valence-corrected chi connectivity index (χ3v) is 5.70. The molecule has 1 aromatic carbocycles. The summed E-state index contributed by atoms with van der Waals surface area (Å²) in [6.07, 6.45) is 5.73. The van der Waals surface area contributed by atoms with Crippen molar-refractivity contribution in [3.05, 3.63) is 47.7 Å². The predicted molar refractivity (Wildman–Crippen MR) is 120 cm³/mol. The number of aliphatic hydroxyl groups excluding tert-OH is 1. The molecule has 1 aliphatic rings. The number of nitrogens with one attached hydrogen (secondary N) is 1. The summed E-state index contributed by atoms with van der Waals surface area (Å²) in [5.41, 5.74) is 8.10. The number of carbonyl (C=O) groups excluding carboxylic acids is 1. The van der Waals surface area contributed by atoms with Crippen molar-refractivity contribution in [1.82, 2.24) is 14.5 Å². The van der Waals surface area contributed by atoms with Crippen LogP contribution in [0.15, 0.2) is 36.4 Å². The molecule has 3 aromatic rings. The first-order chi connectivity index (χ1) is 15.2. The molecule has 8 heteroatoms. The number of aromatic nitrogens is 3. The average molecular weight is 424 g/mol. The topological polar surface area (TPSA) is 115 Å². The van der Waals surface area contributed by atoms with Crippen molar-refractivity contribution in [1.29, 1.82) is 0 Å². The molecule has 8 nitrogen and oxygen atoms in total. The molecule has 0 saturated heterocycles. The normalized spacial score (nSPS) is 14.2. The molecule has 2 aromatic heterocycles. The maximum Gasteiger partial charge on any atom is 0.355 e. The molecule has 1 aliphatic carbocycles. The Balaban J connectivity index is 1.67. The standard InChI is InChI=1S/C23H29N5O3/c24-23-26-20(25-12-6-7-13-29)18-14-19(22(30)31-15-16-8-2-1-3-9-16)28(21(18)27-23)17-10-4-5-11-17/h1-3,8-9,14,17,29H,4-7,10-13,15H2,(H3,24,25,26,27). The Labute approximate surface area is 181 Å². The molecule has 0 atom stereocenters. The number of hydrogen-bond donors (Lipinski definition) is 3. The second kappa shape index (κ2) is 9.78. The molecule has 0 radical (unpaired) electrons. The van der Waals surface area contributed by atoms with E-state index in [1.807, 2.05) is 41.0 Å². The van der Waals surface area contributed by atoms with Crippen molar-refractivity contribution in [2.75, 3.05) is 24.2 Å². The highest BCUT2D eigenvalue weighted by Crippen LogP contribution is 2.36. The Bertz CT molecular complexity index is 1030. The summed E-state index contributed by atoms with van der Waals surface area (Å²) < 4.78 is 7.63. The second-order valence-electron chi connectivity index (χ2n) is 7.92. The summed E-state index contributed by atoms with van der Waals surface area (Å²) in [6, 6.07) is 11.6. The van der Waals surface area contributed by atoms with E-state index in [-0.39, 0.29) is 31.2 Å². The maximum absolute atomic E-state index is 13.1. The smallest absolute Gasteiger partial charge is 0.355 e. The van der Waals surface area contributed by atoms with Gasteiger partial charge in [-0.05, 0) is 37.3 Å². The summed E-state index contributed by atoms with van der Waals surface area (Å²) in [5.74, 6) is 0.395. The minimum Gasteiger partial charge on any atom is -0.456 e. The lowest BCUT2D eigenvalue weighted by atomic mass is 10.2. The van der Waals surface area contributed by atoms with Crippen LogP contribution in [-0.2, 0) is 11.3 Å². The van der Waals surface area contributed by atoms with Gasteiger partial charge in [0, 0.05) is 19.2 Å². The molecule has 0 aliphatic heterocycles. The van der Waals surface area contributed by atoms with Crippen molar-refractivity contribution in [2.24, 2.45) is 0 Å². The van der Waals surface area contributed by atoms with E-state index >= 15 is 0 Å². The van der Waals surface area contributed by atoms with E-state index in [4.69, 9.17) is 15.6 Å². The van der Waals surface area contributed by atoms with Gasteiger partial charge in [0.2, 0.25) is 5.95 Å². The molecule has 4 N–H and O–H groups in total. The average Bonchev–Trinajstić information content (AvgIpc) is 3.43. The van der Waals surface area contributed by atoms with Crippen molar-refractivity contribution >= 4 is 28.8 Å². The maximum atomic E-state index is 13.1. The van der Waals surface area contributed by atoms with E-state index in [0.717, 1.165) is 43.1 Å². The fourth-order valence-electron chi connectivity index (χ4n) is 4.18. The van der Waals surface area contributed by atoms with Gasteiger partial charge in [0.05, 0.1) is 5.39 Å². The molecule has 0 bridgehead atoms. The first kappa shape index (κ1) is 21.1. The minimum atomic E-state index is -0.376. The Morgan fingerprint density at radius 3 is 2.71 bits per heavy atom. The fourth-order valence-corrected chi connectivity index (χ4v) is 4.18. The zero-order valence-corrected chi connectivity index (χ0v) is 17.6. The number of hydrogen-bond acceptors (Lipinski definition) is 7. The lowest BCUT2D eigenvalue weighted by Gasteiger charge is -2.17. The molecule has 164 valence electrons. The van der Waals surface area contributed by atoms with E-state index in [0.29, 0.717) is 30.1 Å². The summed E-state index contributed by atoms with van der Waals surface area (Å²) in [6.45, 7) is 1.01. The summed E-state index contributed by atoms with van der Waals surface area (Å²) in [5, 5.41) is 13.1. The Morgan fingerprint density at radius 1 is 1.19 bits per heavy atom. The van der Waals surface area contributed by atoms with Crippen LogP contribution in [0.2, 0.25) is 0 Å². The monoisotopic (exact) mass is 423 g/mol. The van der Waals surface area contributed by atoms with Gasteiger partial charge in [-0.3, -0.25) is 0 Å². The number of nitrogens with zero attached hydrogens (tertiary/aromatic N) is 3. The number of nitrogens with two attached hydrogens (primary N) is 1. The van der Waals surface area contributed by atoms with Gasteiger partial charge in [0.25, 0.3) is 0 Å². The Kier molecular flexibility index (Phi) is 6.66. The van der Waals surface area contributed by atoms with Gasteiger partial charge in [0.15, 0.2) is 0 Å². The van der Waals surface area contributed by atoms with E-state index in [1.54, 1.807) is 0 Å². The first-order valence-corrected chi connectivity index (χ1v) is 10.9. The number of fused-ring (bicyclic) bond motifs is 1. The predicted octanol–water partition coefficient (Wildman–Crippen LogP) is 3.67. The molecule has 0 unspecified atom stereocenters. The molecule has 31 heavy (non-hydrogen) atoms. The third-order valence-electron chi connectivity index (χ3n) is 5.70. The first-order valence-electron chi connectivity index (χ1n) is 10.9. The van der Waals surface area contributed by atoms with E-state index in [2.05, 4.69) is 15.3 Å². The number of benzene rings is 1. The zero-order chi connectivity index (χ0) is 21.6. The van der Waals surface area contributed by atoms with E-state index < -0.39 is 0 Å². The van der Waals surface area contributed by atoms with Gasteiger partial charge >= 0.3 is 5.97 Å². The van der Waals surface area contributed by atoms with E-state index in [9.17, 15) is 4.79 Å². The molecule has 4 rings (SSSR count). The van der Waals surface area contributed by atoms with Crippen LogP contribution in [0.4, 0.5) is 11.8 Å². The highest BCUT2D eigenvalue weighted by atomic mass is 16.5. The molecule has 2 heterocycles. The summed E-state index contributed by atoms with van der Waals surface area (Å²) in [7, 11) is 0. The highest BCUT2D eigenvalue weighted by molar-refractivity contribution is 5.98. The lowest BCUT2D eigenvalue weighted by molar-refractivity contribution is 0.0458. The number of aliphatic hydroxyl groups is 1. The van der Waals surface area contributed by atoms with Crippen molar-refractivity contribution in [2.45, 2.75) is 51.2 Å². The number of anilines is 2. The van der Waals surface area contributed by atoms with Crippen LogP contribution in [0.3, 0.4) is 0 Å². The molecule has 0 amide bonds. The second-order valence-corrected chi connectivity index (χ2v) is 7.92. The van der Waals surface area contributed by atoms with Crippen molar-refractivity contribution in [3.63, 3.8) is 0 Å². The number of carbonyl (C=O) groups is 1. The quantitative estimate of drug-likeness (QED) is 0.355. The van der Waals surface area contributed by atoms with Gasteiger partial charge in [-0.15, -0.1) is 0 Å². The third kappa shape index (κ3) is 4.80. The number of nitrogen functional groups attached to an aromatic ring is 1. The number of esters is 1. The van der Waals surface area contributed by atoms with Crippen LogP contribution in [0.5, 0.6) is 0 Å². The van der Waals surface area contributed by atoms with Crippen molar-refractivity contribution < 1.29 is 14.6 Å². The number of unbranched alkanes of at least 4 members (excludes halogenated alkanes) is 1. The minimum absolute atomic E-state index is 0.151. The SMILES string of the molecule is Nc1nc(NCCCCO)c2cc(C(=O)OCc3ccccc3)n(C3CCCC3)c2n1. The van der Waals surface area contributed by atoms with Gasteiger partial charge in [-0.25, -0.2) is 4.79 Å². The number of ether oxygens (including phenoxy) is 1. The van der Waals surface area contributed by atoms with Gasteiger partial charge in [-0.1, -0.05) is 43.2 Å². The van der Waals surface area contributed by atoms with Crippen LogP contribution in [-0.4, -0.2) is 38.8 Å². The van der Waals surface area contributed by atoms with Crippen LogP contribution in [0.25, 0.3) is 11.0 Å². The van der Waals surface area contributed by atoms with Crippen LogP contribution < -0.4 is 11.1 Å². The summed E-state index contributed by atoms with van der Waals surface area (Å²) in [4.78, 5) is 21.9. The van der Waals surface area contributed by atoms with Gasteiger partial charge in [0.1, 0.15) is 23.8 Å². The number of rotatable bonds is 9. The van der Waals surface area contributed by atoms with E-state index in [1.165, 1.54) is 0 Å². The summed E-state index contributed by atoms with van der Waals surface area (Å²) >= 11 is 0. The Morgan fingerprint density at radius 2 is 1.97 bits per heavy atom. The van der Waals surface area contributed by atoms with Crippen molar-refractivity contribution in [3.8, 4) is 0 Å². The molecule has 1 fully saturated rings. The highest BCUT2D eigenvalue weighted by Gasteiger charge is 2.27. The van der Waals surface area contributed by atoms with Crippen LogP contribution in [0.1, 0.15) is 60.6 Å². The molecular weight excluding hydrogens is 394 g/mol. The largest absolute Gasteiger partial charge is 0.456 e. The van der Waals surface area contributed by atoms with Crippen LogP contribution in [0, 0.1) is 0 Å². The Hall–Kier alpha value is -3.13. The van der Waals surface area contributed by atoms with Crippen LogP contribution >= 0.6 is 0 Å². The zero-order valence-electron chi connectivity index (χ0n) is 17.6.